The standard InChI is InChI=1S/C16H12ClNO2S/c17-12-6-2-3-7-13(12)18-15(16(19)20)11-9-21-14-8-4-1-5-10(11)14/h1-9,15,18H,(H,19,20). The van der Waals surface area contributed by atoms with E-state index in [0.29, 0.717) is 10.7 Å². The molecule has 0 bridgehead atoms. The second-order valence-corrected chi connectivity index (χ2v) is 5.90. The second-order valence-electron chi connectivity index (χ2n) is 4.58. The largest absolute Gasteiger partial charge is 0.479 e. The van der Waals surface area contributed by atoms with Crippen LogP contribution in [0.15, 0.2) is 53.9 Å². The van der Waals surface area contributed by atoms with Gasteiger partial charge < -0.3 is 10.4 Å². The molecular weight excluding hydrogens is 306 g/mol. The number of hydrogen-bond donors (Lipinski definition) is 2. The number of fused-ring (bicyclic) bond motifs is 1. The molecule has 0 radical (unpaired) electrons. The highest BCUT2D eigenvalue weighted by Crippen LogP contribution is 2.33. The Bertz CT molecular complexity index is 800. The Labute approximate surface area is 130 Å². The van der Waals surface area contributed by atoms with Gasteiger partial charge in [-0.2, -0.15) is 0 Å². The molecule has 106 valence electrons. The van der Waals surface area contributed by atoms with Crippen LogP contribution in [0.3, 0.4) is 0 Å². The van der Waals surface area contributed by atoms with Crippen molar-refractivity contribution in [3.63, 3.8) is 0 Å². The van der Waals surface area contributed by atoms with Crippen molar-refractivity contribution in [1.82, 2.24) is 0 Å². The van der Waals surface area contributed by atoms with Gasteiger partial charge in [-0.3, -0.25) is 0 Å². The van der Waals surface area contributed by atoms with Gasteiger partial charge in [0.15, 0.2) is 6.04 Å². The molecule has 3 rings (SSSR count). The van der Waals surface area contributed by atoms with Crippen LogP contribution < -0.4 is 5.32 Å². The van der Waals surface area contributed by atoms with Crippen molar-refractivity contribution in [2.75, 3.05) is 5.32 Å². The summed E-state index contributed by atoms with van der Waals surface area (Å²) in [6.45, 7) is 0. The highest BCUT2D eigenvalue weighted by Gasteiger charge is 2.23. The Morgan fingerprint density at radius 3 is 2.62 bits per heavy atom. The first-order valence-electron chi connectivity index (χ1n) is 6.37. The van der Waals surface area contributed by atoms with E-state index in [9.17, 15) is 9.90 Å². The average Bonchev–Trinajstić information content (AvgIpc) is 2.90. The fraction of sp³-hybridized carbons (Fsp3) is 0.0625. The van der Waals surface area contributed by atoms with Crippen LogP contribution in [0.25, 0.3) is 10.1 Å². The average molecular weight is 318 g/mol. The summed E-state index contributed by atoms with van der Waals surface area (Å²) in [6.07, 6.45) is 0. The van der Waals surface area contributed by atoms with Gasteiger partial charge in [0.25, 0.3) is 0 Å². The molecule has 2 N–H and O–H groups in total. The van der Waals surface area contributed by atoms with Crippen LogP contribution in [0.5, 0.6) is 0 Å². The third-order valence-electron chi connectivity index (χ3n) is 3.24. The van der Waals surface area contributed by atoms with Gasteiger partial charge in [0, 0.05) is 10.3 Å². The van der Waals surface area contributed by atoms with Gasteiger partial charge in [-0.15, -0.1) is 11.3 Å². The summed E-state index contributed by atoms with van der Waals surface area (Å²) >= 11 is 7.64. The number of carboxylic acid groups (broad SMARTS) is 1. The monoisotopic (exact) mass is 317 g/mol. The zero-order valence-corrected chi connectivity index (χ0v) is 12.5. The summed E-state index contributed by atoms with van der Waals surface area (Å²) in [6, 6.07) is 14.1. The number of hydrogen-bond acceptors (Lipinski definition) is 3. The number of para-hydroxylation sites is 1. The van der Waals surface area contributed by atoms with Crippen LogP contribution in [0.4, 0.5) is 5.69 Å². The Morgan fingerprint density at radius 2 is 1.86 bits per heavy atom. The van der Waals surface area contributed by atoms with E-state index >= 15 is 0 Å². The maximum absolute atomic E-state index is 11.7. The second kappa shape index (κ2) is 5.76. The molecular formula is C16H12ClNO2S. The molecule has 1 atom stereocenters. The molecule has 0 aliphatic heterocycles. The molecule has 0 spiro atoms. The molecule has 0 aliphatic rings. The molecule has 0 saturated heterocycles. The maximum Gasteiger partial charge on any atom is 0.330 e. The van der Waals surface area contributed by atoms with E-state index in [4.69, 9.17) is 11.6 Å². The predicted molar refractivity (Wildman–Crippen MR) is 87.3 cm³/mol. The van der Waals surface area contributed by atoms with E-state index in [1.807, 2.05) is 41.8 Å². The van der Waals surface area contributed by atoms with Crippen molar-refractivity contribution in [2.45, 2.75) is 6.04 Å². The molecule has 0 aliphatic carbocycles. The predicted octanol–water partition coefficient (Wildman–Crippen LogP) is 4.79. The van der Waals surface area contributed by atoms with Crippen LogP contribution in [-0.2, 0) is 4.79 Å². The highest BCUT2D eigenvalue weighted by atomic mass is 35.5. The molecule has 1 unspecified atom stereocenters. The zero-order valence-electron chi connectivity index (χ0n) is 10.9. The molecule has 3 nitrogen and oxygen atoms in total. The Kier molecular flexibility index (Phi) is 3.82. The maximum atomic E-state index is 11.7. The van der Waals surface area contributed by atoms with E-state index in [1.54, 1.807) is 12.1 Å². The molecule has 5 heteroatoms. The van der Waals surface area contributed by atoms with Crippen LogP contribution in [-0.4, -0.2) is 11.1 Å². The van der Waals surface area contributed by atoms with Gasteiger partial charge in [-0.05, 0) is 29.0 Å². The molecule has 0 fully saturated rings. The van der Waals surface area contributed by atoms with Crippen LogP contribution in [0.2, 0.25) is 5.02 Å². The minimum Gasteiger partial charge on any atom is -0.479 e. The number of carbonyl (C=O) groups is 1. The molecule has 2 aromatic carbocycles. The number of nitrogens with one attached hydrogen (secondary N) is 1. The fourth-order valence-corrected chi connectivity index (χ4v) is 3.41. The lowest BCUT2D eigenvalue weighted by molar-refractivity contribution is -0.138. The zero-order chi connectivity index (χ0) is 14.8. The third kappa shape index (κ3) is 2.73. The number of anilines is 1. The van der Waals surface area contributed by atoms with Crippen molar-refractivity contribution in [3.05, 3.63) is 64.5 Å². The van der Waals surface area contributed by atoms with Gasteiger partial charge in [-0.25, -0.2) is 4.79 Å². The van der Waals surface area contributed by atoms with E-state index in [0.717, 1.165) is 15.6 Å². The molecule has 0 saturated carbocycles. The van der Waals surface area contributed by atoms with Crippen molar-refractivity contribution < 1.29 is 9.90 Å². The van der Waals surface area contributed by atoms with Crippen molar-refractivity contribution in [2.24, 2.45) is 0 Å². The molecule has 3 aromatic rings. The van der Waals surface area contributed by atoms with Gasteiger partial charge in [0.05, 0.1) is 10.7 Å². The number of halogens is 1. The number of thiophene rings is 1. The van der Waals surface area contributed by atoms with E-state index in [1.165, 1.54) is 11.3 Å². The number of aliphatic carboxylic acids is 1. The Balaban J connectivity index is 2.03. The van der Waals surface area contributed by atoms with Gasteiger partial charge in [-0.1, -0.05) is 41.9 Å². The van der Waals surface area contributed by atoms with Crippen molar-refractivity contribution in [1.29, 1.82) is 0 Å². The molecule has 1 aromatic heterocycles. The highest BCUT2D eigenvalue weighted by molar-refractivity contribution is 7.17. The topological polar surface area (TPSA) is 49.3 Å². The lowest BCUT2D eigenvalue weighted by atomic mass is 10.1. The number of carboxylic acids is 1. The Morgan fingerprint density at radius 1 is 1.14 bits per heavy atom. The number of rotatable bonds is 4. The summed E-state index contributed by atoms with van der Waals surface area (Å²) in [4.78, 5) is 11.7. The van der Waals surface area contributed by atoms with Crippen LogP contribution >= 0.6 is 22.9 Å². The fourth-order valence-electron chi connectivity index (χ4n) is 2.23. The third-order valence-corrected chi connectivity index (χ3v) is 4.55. The summed E-state index contributed by atoms with van der Waals surface area (Å²) in [5.41, 5.74) is 1.37. The summed E-state index contributed by atoms with van der Waals surface area (Å²) in [5.74, 6) is -0.932. The van der Waals surface area contributed by atoms with E-state index in [2.05, 4.69) is 5.32 Å². The summed E-state index contributed by atoms with van der Waals surface area (Å²) in [5, 5.41) is 15.9. The lowest BCUT2D eigenvalue weighted by Crippen LogP contribution is -2.20. The molecule has 21 heavy (non-hydrogen) atoms. The van der Waals surface area contributed by atoms with Crippen molar-refractivity contribution >= 4 is 44.7 Å². The van der Waals surface area contributed by atoms with Crippen molar-refractivity contribution in [3.8, 4) is 0 Å². The molecule has 1 heterocycles. The van der Waals surface area contributed by atoms with Crippen LogP contribution in [0, 0.1) is 0 Å². The normalized spacial score (nSPS) is 12.2. The number of benzene rings is 2. The van der Waals surface area contributed by atoms with Gasteiger partial charge >= 0.3 is 5.97 Å². The van der Waals surface area contributed by atoms with Crippen LogP contribution in [0.1, 0.15) is 11.6 Å². The molecule has 0 amide bonds. The minimum atomic E-state index is -0.932. The smallest absolute Gasteiger partial charge is 0.330 e. The summed E-state index contributed by atoms with van der Waals surface area (Å²) in [7, 11) is 0. The van der Waals surface area contributed by atoms with Gasteiger partial charge in [0.2, 0.25) is 0 Å². The first-order valence-corrected chi connectivity index (χ1v) is 7.62. The lowest BCUT2D eigenvalue weighted by Gasteiger charge is -2.16. The van der Waals surface area contributed by atoms with E-state index < -0.39 is 12.0 Å². The first-order chi connectivity index (χ1) is 10.2. The first kappa shape index (κ1) is 13.9. The van der Waals surface area contributed by atoms with E-state index in [-0.39, 0.29) is 0 Å². The SMILES string of the molecule is O=C(O)C(Nc1ccccc1Cl)c1csc2ccccc12. The minimum absolute atomic E-state index is 0.503. The Hall–Kier alpha value is -2.04. The quantitative estimate of drug-likeness (QED) is 0.727. The summed E-state index contributed by atoms with van der Waals surface area (Å²) < 4.78 is 1.07. The van der Waals surface area contributed by atoms with Gasteiger partial charge in [0.1, 0.15) is 0 Å².